The summed E-state index contributed by atoms with van der Waals surface area (Å²) >= 11 is 0. The average Bonchev–Trinajstić information content (AvgIpc) is 2.37. The number of pyridine rings is 1. The molecule has 0 fully saturated rings. The molecule has 0 unspecified atom stereocenters. The van der Waals surface area contributed by atoms with Crippen LogP contribution in [0.2, 0.25) is 0 Å². The summed E-state index contributed by atoms with van der Waals surface area (Å²) < 4.78 is 0. The Kier molecular flexibility index (Phi) is 3.59. The molecule has 1 heterocycles. The van der Waals surface area contributed by atoms with Gasteiger partial charge in [0.1, 0.15) is 5.82 Å². The molecular weight excluding hydrogens is 210 g/mol. The van der Waals surface area contributed by atoms with Gasteiger partial charge >= 0.3 is 0 Å². The van der Waals surface area contributed by atoms with E-state index in [0.29, 0.717) is 0 Å². The highest BCUT2D eigenvalue weighted by atomic mass is 15.1. The Labute approximate surface area is 102 Å². The van der Waals surface area contributed by atoms with E-state index in [2.05, 4.69) is 47.4 Å². The summed E-state index contributed by atoms with van der Waals surface area (Å²) in [5, 5.41) is 4.38. The van der Waals surface area contributed by atoms with Crippen molar-refractivity contribution in [3.05, 3.63) is 35.9 Å². The van der Waals surface area contributed by atoms with E-state index in [-0.39, 0.29) is 0 Å². The molecule has 3 nitrogen and oxygen atoms in total. The number of anilines is 1. The number of nitrogens with one attached hydrogen (secondary N) is 1. The van der Waals surface area contributed by atoms with Crippen molar-refractivity contribution >= 4 is 16.7 Å². The maximum atomic E-state index is 4.64. The molecule has 0 radical (unpaired) electrons. The predicted molar refractivity (Wildman–Crippen MR) is 73.3 cm³/mol. The number of aromatic nitrogens is 1. The summed E-state index contributed by atoms with van der Waals surface area (Å²) in [5.74, 6) is 0.976. The number of para-hydroxylation sites is 1. The molecule has 0 saturated carbocycles. The molecule has 0 amide bonds. The zero-order valence-electron chi connectivity index (χ0n) is 10.7. The van der Waals surface area contributed by atoms with Crippen LogP contribution in [0.3, 0.4) is 0 Å². The number of hydrogen-bond donors (Lipinski definition) is 1. The van der Waals surface area contributed by atoms with Gasteiger partial charge in [-0.1, -0.05) is 25.1 Å². The second kappa shape index (κ2) is 5.15. The second-order valence-corrected chi connectivity index (χ2v) is 4.27. The Morgan fingerprint density at radius 2 is 2.06 bits per heavy atom. The van der Waals surface area contributed by atoms with Crippen LogP contribution in [0.1, 0.15) is 12.5 Å². The Hall–Kier alpha value is -1.61. The van der Waals surface area contributed by atoms with E-state index in [0.717, 1.165) is 24.4 Å². The average molecular weight is 229 g/mol. The fourth-order valence-corrected chi connectivity index (χ4v) is 1.90. The van der Waals surface area contributed by atoms with Gasteiger partial charge in [-0.25, -0.2) is 4.98 Å². The number of nitrogens with zero attached hydrogens (tertiary/aromatic N) is 2. The fourth-order valence-electron chi connectivity index (χ4n) is 1.90. The minimum Gasteiger partial charge on any atom is -0.373 e. The molecule has 1 aromatic heterocycles. The SMILES string of the molecule is CCN(C)Cc1cc2ccccc2nc1NC. The van der Waals surface area contributed by atoms with Crippen LogP contribution in [-0.4, -0.2) is 30.5 Å². The molecule has 3 heteroatoms. The summed E-state index contributed by atoms with van der Waals surface area (Å²) in [7, 11) is 4.04. The Bertz CT molecular complexity index is 508. The van der Waals surface area contributed by atoms with Crippen LogP contribution in [-0.2, 0) is 6.54 Å². The van der Waals surface area contributed by atoms with Crippen LogP contribution in [0, 0.1) is 0 Å². The maximum absolute atomic E-state index is 4.64. The van der Waals surface area contributed by atoms with Gasteiger partial charge in [0.05, 0.1) is 5.52 Å². The van der Waals surface area contributed by atoms with Gasteiger partial charge in [-0.3, -0.25) is 0 Å². The molecule has 0 aliphatic rings. The number of rotatable bonds is 4. The van der Waals surface area contributed by atoms with Crippen molar-refractivity contribution in [2.75, 3.05) is 26.0 Å². The standard InChI is InChI=1S/C14H19N3/c1-4-17(3)10-12-9-11-7-5-6-8-13(11)16-14(12)15-2/h5-9H,4,10H2,1-3H3,(H,15,16). The monoisotopic (exact) mass is 229 g/mol. The summed E-state index contributed by atoms with van der Waals surface area (Å²) in [6.07, 6.45) is 0. The number of benzene rings is 1. The van der Waals surface area contributed by atoms with E-state index in [9.17, 15) is 0 Å². The molecule has 0 bridgehead atoms. The highest BCUT2D eigenvalue weighted by Crippen LogP contribution is 2.21. The first kappa shape index (κ1) is 11.9. The molecular formula is C14H19N3. The van der Waals surface area contributed by atoms with Gasteiger partial charge < -0.3 is 10.2 Å². The first-order valence-electron chi connectivity index (χ1n) is 5.99. The molecule has 0 aliphatic carbocycles. The zero-order valence-corrected chi connectivity index (χ0v) is 10.7. The minimum absolute atomic E-state index is 0.921. The maximum Gasteiger partial charge on any atom is 0.130 e. The highest BCUT2D eigenvalue weighted by Gasteiger charge is 2.07. The van der Waals surface area contributed by atoms with Crippen LogP contribution in [0.25, 0.3) is 10.9 Å². The van der Waals surface area contributed by atoms with Crippen molar-refractivity contribution in [1.29, 1.82) is 0 Å². The third-order valence-electron chi connectivity index (χ3n) is 3.02. The summed E-state index contributed by atoms with van der Waals surface area (Å²) in [4.78, 5) is 6.91. The fraction of sp³-hybridized carbons (Fsp3) is 0.357. The summed E-state index contributed by atoms with van der Waals surface area (Å²) in [6, 6.07) is 10.4. The second-order valence-electron chi connectivity index (χ2n) is 4.27. The van der Waals surface area contributed by atoms with E-state index in [1.807, 2.05) is 19.2 Å². The van der Waals surface area contributed by atoms with Crippen molar-refractivity contribution in [3.63, 3.8) is 0 Å². The Morgan fingerprint density at radius 3 is 2.76 bits per heavy atom. The largest absolute Gasteiger partial charge is 0.373 e. The lowest BCUT2D eigenvalue weighted by atomic mass is 10.1. The molecule has 1 aromatic carbocycles. The molecule has 0 atom stereocenters. The van der Waals surface area contributed by atoms with Crippen LogP contribution in [0.4, 0.5) is 5.82 Å². The Morgan fingerprint density at radius 1 is 1.29 bits per heavy atom. The van der Waals surface area contributed by atoms with Crippen molar-refractivity contribution in [2.45, 2.75) is 13.5 Å². The molecule has 1 N–H and O–H groups in total. The van der Waals surface area contributed by atoms with Gasteiger partial charge in [-0.15, -0.1) is 0 Å². The summed E-state index contributed by atoms with van der Waals surface area (Å²) in [6.45, 7) is 4.12. The third-order valence-corrected chi connectivity index (χ3v) is 3.02. The van der Waals surface area contributed by atoms with Crippen LogP contribution in [0.15, 0.2) is 30.3 Å². The van der Waals surface area contributed by atoms with Crippen molar-refractivity contribution < 1.29 is 0 Å². The molecule has 2 rings (SSSR count). The van der Waals surface area contributed by atoms with Crippen molar-refractivity contribution in [3.8, 4) is 0 Å². The van der Waals surface area contributed by atoms with Crippen molar-refractivity contribution in [2.24, 2.45) is 0 Å². The molecule has 90 valence electrons. The lowest BCUT2D eigenvalue weighted by Gasteiger charge is -2.16. The lowest BCUT2D eigenvalue weighted by Crippen LogP contribution is -2.18. The van der Waals surface area contributed by atoms with Gasteiger partial charge in [-0.2, -0.15) is 0 Å². The van der Waals surface area contributed by atoms with E-state index >= 15 is 0 Å². The zero-order chi connectivity index (χ0) is 12.3. The third kappa shape index (κ3) is 2.56. The smallest absolute Gasteiger partial charge is 0.130 e. The summed E-state index contributed by atoms with van der Waals surface area (Å²) in [5.41, 5.74) is 2.29. The van der Waals surface area contributed by atoms with Gasteiger partial charge in [0.15, 0.2) is 0 Å². The van der Waals surface area contributed by atoms with Crippen LogP contribution >= 0.6 is 0 Å². The minimum atomic E-state index is 0.921. The quantitative estimate of drug-likeness (QED) is 0.873. The molecule has 0 saturated heterocycles. The predicted octanol–water partition coefficient (Wildman–Crippen LogP) is 2.73. The van der Waals surface area contributed by atoms with Crippen LogP contribution in [0.5, 0.6) is 0 Å². The van der Waals surface area contributed by atoms with Crippen molar-refractivity contribution in [1.82, 2.24) is 9.88 Å². The van der Waals surface area contributed by atoms with Gasteiger partial charge in [-0.05, 0) is 25.7 Å². The first-order valence-corrected chi connectivity index (χ1v) is 5.99. The lowest BCUT2D eigenvalue weighted by molar-refractivity contribution is 0.346. The molecule has 0 aliphatic heterocycles. The molecule has 2 aromatic rings. The first-order chi connectivity index (χ1) is 8.24. The van der Waals surface area contributed by atoms with E-state index in [1.165, 1.54) is 10.9 Å². The topological polar surface area (TPSA) is 28.2 Å². The number of hydrogen-bond acceptors (Lipinski definition) is 3. The van der Waals surface area contributed by atoms with Crippen LogP contribution < -0.4 is 5.32 Å². The molecule has 17 heavy (non-hydrogen) atoms. The van der Waals surface area contributed by atoms with Gasteiger partial charge in [0, 0.05) is 24.5 Å². The van der Waals surface area contributed by atoms with Gasteiger partial charge in [0.25, 0.3) is 0 Å². The highest BCUT2D eigenvalue weighted by molar-refractivity contribution is 5.81. The van der Waals surface area contributed by atoms with Gasteiger partial charge in [0.2, 0.25) is 0 Å². The van der Waals surface area contributed by atoms with E-state index < -0.39 is 0 Å². The number of fused-ring (bicyclic) bond motifs is 1. The Balaban J connectivity index is 2.45. The van der Waals surface area contributed by atoms with E-state index in [1.54, 1.807) is 0 Å². The van der Waals surface area contributed by atoms with E-state index in [4.69, 9.17) is 0 Å². The normalized spacial score (nSPS) is 11.1. The molecule has 0 spiro atoms.